The molecule has 2 amide bonds. The molecule has 0 radical (unpaired) electrons. The highest BCUT2D eigenvalue weighted by Gasteiger charge is 2.24. The Morgan fingerprint density at radius 2 is 1.80 bits per heavy atom. The first-order valence-electron chi connectivity index (χ1n) is 9.46. The van der Waals surface area contributed by atoms with E-state index in [1.165, 1.54) is 0 Å². The van der Waals surface area contributed by atoms with E-state index in [1.807, 2.05) is 49.4 Å². The first-order valence-corrected chi connectivity index (χ1v) is 9.84. The predicted molar refractivity (Wildman–Crippen MR) is 117 cm³/mol. The van der Waals surface area contributed by atoms with Crippen molar-refractivity contribution in [3.05, 3.63) is 100 Å². The van der Waals surface area contributed by atoms with Gasteiger partial charge in [-0.05, 0) is 48.4 Å². The average molecular weight is 419 g/mol. The predicted octanol–water partition coefficient (Wildman–Crippen LogP) is 5.20. The summed E-state index contributed by atoms with van der Waals surface area (Å²) >= 11 is 6.16. The maximum absolute atomic E-state index is 12.6. The minimum absolute atomic E-state index is 0.130. The molecule has 1 heterocycles. The van der Waals surface area contributed by atoms with Crippen molar-refractivity contribution in [3.8, 4) is 5.75 Å². The van der Waals surface area contributed by atoms with Crippen LogP contribution in [-0.2, 0) is 4.79 Å². The monoisotopic (exact) mass is 418 g/mol. The molecule has 5 nitrogen and oxygen atoms in total. The van der Waals surface area contributed by atoms with Gasteiger partial charge in [0.25, 0.3) is 11.8 Å². The van der Waals surface area contributed by atoms with Crippen molar-refractivity contribution in [2.24, 2.45) is 0 Å². The molecule has 1 atom stereocenters. The van der Waals surface area contributed by atoms with E-state index in [2.05, 4.69) is 10.6 Å². The number of amides is 2. The molecule has 1 aliphatic heterocycles. The van der Waals surface area contributed by atoms with E-state index < -0.39 is 5.91 Å². The maximum Gasteiger partial charge on any atom is 0.291 e. The van der Waals surface area contributed by atoms with Crippen molar-refractivity contribution >= 4 is 35.2 Å². The van der Waals surface area contributed by atoms with Crippen LogP contribution in [0.2, 0.25) is 5.02 Å². The van der Waals surface area contributed by atoms with Crippen molar-refractivity contribution < 1.29 is 14.3 Å². The third-order valence-electron chi connectivity index (χ3n) is 4.77. The number of carbonyl (C=O) groups is 2. The van der Waals surface area contributed by atoms with E-state index in [4.69, 9.17) is 16.3 Å². The normalized spacial score (nSPS) is 15.0. The minimum atomic E-state index is -0.405. The molecule has 3 aromatic rings. The summed E-state index contributed by atoms with van der Waals surface area (Å²) in [7, 11) is 0. The van der Waals surface area contributed by atoms with Crippen LogP contribution in [-0.4, -0.2) is 11.8 Å². The molecular weight excluding hydrogens is 400 g/mol. The quantitative estimate of drug-likeness (QED) is 0.572. The molecule has 3 aromatic carbocycles. The number of hydrogen-bond donors (Lipinski definition) is 2. The molecule has 0 saturated carbocycles. The lowest BCUT2D eigenvalue weighted by Crippen LogP contribution is -2.27. The Morgan fingerprint density at radius 1 is 1.07 bits per heavy atom. The SMILES string of the molecule is C[C@@H](NC(=O)c1ccc2c(c1)NC(=O)/C(=C/c1ccccc1Cl)O2)c1ccccc1. The Bertz CT molecular complexity index is 1140. The molecular formula is C24H19ClN2O3. The summed E-state index contributed by atoms with van der Waals surface area (Å²) < 4.78 is 5.75. The van der Waals surface area contributed by atoms with Gasteiger partial charge < -0.3 is 15.4 Å². The summed E-state index contributed by atoms with van der Waals surface area (Å²) in [5.41, 5.74) is 2.56. The van der Waals surface area contributed by atoms with Gasteiger partial charge in [0.2, 0.25) is 0 Å². The van der Waals surface area contributed by atoms with E-state index in [9.17, 15) is 9.59 Å². The Hall–Kier alpha value is -3.57. The fourth-order valence-electron chi connectivity index (χ4n) is 3.14. The summed E-state index contributed by atoms with van der Waals surface area (Å²) in [5.74, 6) is -0.0514. The van der Waals surface area contributed by atoms with Crippen LogP contribution in [0.5, 0.6) is 5.75 Å². The van der Waals surface area contributed by atoms with Crippen molar-refractivity contribution in [2.75, 3.05) is 5.32 Å². The molecule has 0 spiro atoms. The van der Waals surface area contributed by atoms with Crippen LogP contribution in [0.25, 0.3) is 6.08 Å². The lowest BCUT2D eigenvalue weighted by molar-refractivity contribution is -0.115. The summed E-state index contributed by atoms with van der Waals surface area (Å²) in [6.07, 6.45) is 1.59. The second kappa shape index (κ2) is 8.43. The third-order valence-corrected chi connectivity index (χ3v) is 5.12. The topological polar surface area (TPSA) is 67.4 Å². The van der Waals surface area contributed by atoms with Crippen LogP contribution < -0.4 is 15.4 Å². The number of ether oxygens (including phenoxy) is 1. The number of rotatable bonds is 4. The van der Waals surface area contributed by atoms with E-state index in [1.54, 1.807) is 36.4 Å². The molecule has 2 N–H and O–H groups in total. The first-order chi connectivity index (χ1) is 14.5. The van der Waals surface area contributed by atoms with Crippen LogP contribution >= 0.6 is 11.6 Å². The van der Waals surface area contributed by atoms with Crippen molar-refractivity contribution in [2.45, 2.75) is 13.0 Å². The highest BCUT2D eigenvalue weighted by Crippen LogP contribution is 2.33. The van der Waals surface area contributed by atoms with Gasteiger partial charge in [-0.25, -0.2) is 0 Å². The Kier molecular flexibility index (Phi) is 5.55. The standard InChI is InChI=1S/C24H19ClN2O3/c1-15(16-7-3-2-4-8-16)26-23(28)18-11-12-21-20(13-18)27-24(29)22(30-21)14-17-9-5-6-10-19(17)25/h2-15H,1H3,(H,26,28)(H,27,29)/b22-14-/t15-/m1/s1. The van der Waals surface area contributed by atoms with Gasteiger partial charge in [0.15, 0.2) is 11.5 Å². The van der Waals surface area contributed by atoms with Crippen LogP contribution in [0.15, 0.2) is 78.6 Å². The molecule has 150 valence electrons. The van der Waals surface area contributed by atoms with Gasteiger partial charge in [0.1, 0.15) is 0 Å². The number of benzene rings is 3. The van der Waals surface area contributed by atoms with Gasteiger partial charge in [-0.1, -0.05) is 60.1 Å². The molecule has 0 fully saturated rings. The molecule has 0 aromatic heterocycles. The average Bonchev–Trinajstić information content (AvgIpc) is 2.76. The van der Waals surface area contributed by atoms with Gasteiger partial charge in [-0.3, -0.25) is 9.59 Å². The number of carbonyl (C=O) groups excluding carboxylic acids is 2. The van der Waals surface area contributed by atoms with Crippen molar-refractivity contribution in [3.63, 3.8) is 0 Å². The maximum atomic E-state index is 12.6. The zero-order valence-electron chi connectivity index (χ0n) is 16.2. The molecule has 0 aliphatic carbocycles. The number of hydrogen-bond acceptors (Lipinski definition) is 3. The number of nitrogens with one attached hydrogen (secondary N) is 2. The van der Waals surface area contributed by atoms with Crippen LogP contribution in [0.3, 0.4) is 0 Å². The van der Waals surface area contributed by atoms with Crippen molar-refractivity contribution in [1.29, 1.82) is 0 Å². The molecule has 6 heteroatoms. The first kappa shape index (κ1) is 19.7. The summed E-state index contributed by atoms with van der Waals surface area (Å²) in [6.45, 7) is 1.92. The van der Waals surface area contributed by atoms with Gasteiger partial charge in [0.05, 0.1) is 11.7 Å². The molecule has 0 bridgehead atoms. The minimum Gasteiger partial charge on any atom is -0.449 e. The molecule has 4 rings (SSSR count). The fourth-order valence-corrected chi connectivity index (χ4v) is 3.33. The van der Waals surface area contributed by atoms with Gasteiger partial charge >= 0.3 is 0 Å². The number of fused-ring (bicyclic) bond motifs is 1. The molecule has 0 saturated heterocycles. The zero-order valence-corrected chi connectivity index (χ0v) is 16.9. The molecule has 1 aliphatic rings. The number of halogens is 1. The van der Waals surface area contributed by atoms with Crippen LogP contribution in [0, 0.1) is 0 Å². The smallest absolute Gasteiger partial charge is 0.291 e. The van der Waals surface area contributed by atoms with Crippen LogP contribution in [0.1, 0.15) is 34.5 Å². The molecule has 30 heavy (non-hydrogen) atoms. The highest BCUT2D eigenvalue weighted by atomic mass is 35.5. The number of anilines is 1. The van der Waals surface area contributed by atoms with Crippen molar-refractivity contribution in [1.82, 2.24) is 5.32 Å². The van der Waals surface area contributed by atoms with E-state index >= 15 is 0 Å². The highest BCUT2D eigenvalue weighted by molar-refractivity contribution is 6.32. The second-order valence-electron chi connectivity index (χ2n) is 6.90. The lowest BCUT2D eigenvalue weighted by atomic mass is 10.1. The Labute approximate surface area is 179 Å². The Morgan fingerprint density at radius 3 is 2.57 bits per heavy atom. The summed E-state index contributed by atoms with van der Waals surface area (Å²) in [5, 5.41) is 6.25. The summed E-state index contributed by atoms with van der Waals surface area (Å²) in [6, 6.07) is 21.7. The van der Waals surface area contributed by atoms with Crippen LogP contribution in [0.4, 0.5) is 5.69 Å². The Balaban J connectivity index is 1.52. The lowest BCUT2D eigenvalue weighted by Gasteiger charge is -2.21. The van der Waals surface area contributed by atoms with E-state index in [0.29, 0.717) is 27.6 Å². The third kappa shape index (κ3) is 4.21. The fraction of sp³-hybridized carbons (Fsp3) is 0.0833. The van der Waals surface area contributed by atoms with Gasteiger partial charge in [0, 0.05) is 10.6 Å². The molecule has 0 unspecified atom stereocenters. The van der Waals surface area contributed by atoms with Gasteiger partial charge in [-0.2, -0.15) is 0 Å². The van der Waals surface area contributed by atoms with E-state index in [0.717, 1.165) is 5.56 Å². The summed E-state index contributed by atoms with van der Waals surface area (Å²) in [4.78, 5) is 25.1. The zero-order chi connectivity index (χ0) is 21.1. The second-order valence-corrected chi connectivity index (χ2v) is 7.31. The van der Waals surface area contributed by atoms with Gasteiger partial charge in [-0.15, -0.1) is 0 Å². The van der Waals surface area contributed by atoms with E-state index in [-0.39, 0.29) is 17.7 Å². The largest absolute Gasteiger partial charge is 0.449 e.